The molecule has 4 amide bonds. The van der Waals surface area contributed by atoms with E-state index in [0.29, 0.717) is 68.7 Å². The summed E-state index contributed by atoms with van der Waals surface area (Å²) < 4.78 is 11.7. The van der Waals surface area contributed by atoms with E-state index in [-0.39, 0.29) is 26.4 Å². The zero-order chi connectivity index (χ0) is 55.8. The van der Waals surface area contributed by atoms with Crippen molar-refractivity contribution in [2.45, 2.75) is 194 Å². The number of benzene rings is 7. The SMILES string of the molecule is CCCCCCCCCCCCCCCc1cc(OCCO)ccc1N1C(=O)c2ccc3c4ccc5c6c(ccc(c7ccc(c2c37)C1=O)c64)C(=O)N(c1ccc(OCCO)cc1CCCCCCCCCCCCCCC)C5=O. The molecule has 0 aromatic heterocycles. The van der Waals surface area contributed by atoms with Gasteiger partial charge in [-0.2, -0.15) is 0 Å². The van der Waals surface area contributed by atoms with Gasteiger partial charge in [0.05, 0.1) is 24.6 Å². The lowest BCUT2D eigenvalue weighted by Gasteiger charge is -2.31. The molecule has 424 valence electrons. The second kappa shape index (κ2) is 28.9. The molecule has 7 aromatic rings. The average molecular weight is 1080 g/mol. The zero-order valence-electron chi connectivity index (χ0n) is 47.9. The second-order valence-corrected chi connectivity index (χ2v) is 22.7. The van der Waals surface area contributed by atoms with Gasteiger partial charge in [0.1, 0.15) is 24.7 Å². The van der Waals surface area contributed by atoms with Crippen LogP contribution in [0.2, 0.25) is 0 Å². The Kier molecular flexibility index (Phi) is 21.0. The number of amides is 4. The van der Waals surface area contributed by atoms with Crippen molar-refractivity contribution in [3.63, 3.8) is 0 Å². The molecule has 0 bridgehead atoms. The molecule has 0 fully saturated rings. The second-order valence-electron chi connectivity index (χ2n) is 22.7. The van der Waals surface area contributed by atoms with Gasteiger partial charge in [0.15, 0.2) is 0 Å². The summed E-state index contributed by atoms with van der Waals surface area (Å²) >= 11 is 0. The van der Waals surface area contributed by atoms with Gasteiger partial charge in [-0.15, -0.1) is 0 Å². The smallest absolute Gasteiger partial charge is 0.265 e. The van der Waals surface area contributed by atoms with Crippen molar-refractivity contribution >= 4 is 78.1 Å². The first-order chi connectivity index (χ1) is 39.3. The van der Waals surface area contributed by atoms with Crippen molar-refractivity contribution < 1.29 is 38.9 Å². The average Bonchev–Trinajstić information content (AvgIpc) is 3.51. The highest BCUT2D eigenvalue weighted by Crippen LogP contribution is 2.48. The van der Waals surface area contributed by atoms with Crippen LogP contribution in [0.5, 0.6) is 11.5 Å². The molecule has 7 aromatic carbocycles. The Morgan fingerprint density at radius 1 is 0.338 bits per heavy atom. The number of ether oxygens (including phenoxy) is 2. The third-order valence-electron chi connectivity index (χ3n) is 17.0. The molecule has 0 saturated carbocycles. The molecule has 10 nitrogen and oxygen atoms in total. The highest BCUT2D eigenvalue weighted by atomic mass is 16.5. The number of unbranched alkanes of at least 4 members (excludes halogenated alkanes) is 24. The van der Waals surface area contributed by atoms with Crippen LogP contribution in [0.15, 0.2) is 84.9 Å². The number of anilines is 2. The van der Waals surface area contributed by atoms with Crippen LogP contribution < -0.4 is 19.3 Å². The molecule has 0 atom stereocenters. The van der Waals surface area contributed by atoms with Crippen LogP contribution in [-0.2, 0) is 12.8 Å². The molecule has 80 heavy (non-hydrogen) atoms. The first-order valence-corrected chi connectivity index (χ1v) is 31.0. The standard InChI is InChI=1S/C70H86N2O8/c1-3-5-7-9-11-13-15-17-19-21-23-25-27-29-49-47-51(79-45-43-73)31-41-61(49)71-67(75)57-37-33-53-55-35-39-59-66-60(40-36-56(64(55)66)54-34-38-58(68(71)76)65(57)63(53)54)70(78)72(69(59)77)62-42-32-52(80-46-44-74)48-50(62)30-28-26-24-22-20-18-16-14-12-10-8-6-4-2/h31-42,47-48,73-74H,3-30,43-46H2,1-2H3. The molecule has 0 spiro atoms. The number of carbonyl (C=O) groups is 4. The van der Waals surface area contributed by atoms with E-state index in [2.05, 4.69) is 13.8 Å². The topological polar surface area (TPSA) is 134 Å². The van der Waals surface area contributed by atoms with E-state index in [0.717, 1.165) is 82.0 Å². The Bertz CT molecular complexity index is 2920. The van der Waals surface area contributed by atoms with E-state index in [1.165, 1.54) is 138 Å². The first-order valence-electron chi connectivity index (χ1n) is 31.0. The maximum atomic E-state index is 14.9. The Hall–Kier alpha value is -6.36. The summed E-state index contributed by atoms with van der Waals surface area (Å²) in [6.07, 6.45) is 33.6. The van der Waals surface area contributed by atoms with E-state index < -0.39 is 23.6 Å². The number of aryl methyl sites for hydroxylation is 2. The number of rotatable bonds is 36. The lowest BCUT2D eigenvalue weighted by Crippen LogP contribution is -2.41. The van der Waals surface area contributed by atoms with Crippen LogP contribution in [0.3, 0.4) is 0 Å². The van der Waals surface area contributed by atoms with Crippen LogP contribution in [0.1, 0.15) is 233 Å². The summed E-state index contributed by atoms with van der Waals surface area (Å²) in [6.45, 7) is 4.55. The Labute approximate surface area is 474 Å². The lowest BCUT2D eigenvalue weighted by molar-refractivity contribution is 0.0877. The minimum Gasteiger partial charge on any atom is -0.491 e. The van der Waals surface area contributed by atoms with Crippen molar-refractivity contribution in [3.05, 3.63) is 118 Å². The van der Waals surface area contributed by atoms with Gasteiger partial charge in [-0.3, -0.25) is 19.2 Å². The quantitative estimate of drug-likeness (QED) is 0.0172. The molecule has 10 heteroatoms. The van der Waals surface area contributed by atoms with Gasteiger partial charge in [-0.25, -0.2) is 9.80 Å². The predicted octanol–water partition coefficient (Wildman–Crippen LogP) is 17.3. The van der Waals surface area contributed by atoms with Crippen molar-refractivity contribution in [2.24, 2.45) is 0 Å². The van der Waals surface area contributed by atoms with Gasteiger partial charge in [0.2, 0.25) is 0 Å². The summed E-state index contributed by atoms with van der Waals surface area (Å²) in [5.74, 6) is -0.401. The molecular formula is C70H86N2O8. The van der Waals surface area contributed by atoms with Crippen molar-refractivity contribution in [2.75, 3.05) is 36.2 Å². The van der Waals surface area contributed by atoms with Gasteiger partial charge >= 0.3 is 0 Å². The van der Waals surface area contributed by atoms with Crippen LogP contribution >= 0.6 is 0 Å². The monoisotopic (exact) mass is 1080 g/mol. The predicted molar refractivity (Wildman–Crippen MR) is 327 cm³/mol. The third-order valence-corrected chi connectivity index (χ3v) is 17.0. The fourth-order valence-corrected chi connectivity index (χ4v) is 12.8. The molecule has 2 heterocycles. The minimum atomic E-state index is -0.393. The number of imide groups is 2. The van der Waals surface area contributed by atoms with Crippen molar-refractivity contribution in [1.29, 1.82) is 0 Å². The van der Waals surface area contributed by atoms with Gasteiger partial charge in [0.25, 0.3) is 23.6 Å². The number of carbonyl (C=O) groups excluding carboxylic acids is 4. The Balaban J connectivity index is 0.936. The number of hydrogen-bond donors (Lipinski definition) is 2. The summed E-state index contributed by atoms with van der Waals surface area (Å²) in [5.41, 5.74) is 4.53. The maximum absolute atomic E-state index is 14.9. The molecule has 0 unspecified atom stereocenters. The number of nitrogens with zero attached hydrogens (tertiary/aromatic N) is 2. The largest absolute Gasteiger partial charge is 0.491 e. The number of aliphatic hydroxyl groups is 2. The molecule has 0 radical (unpaired) electrons. The molecule has 9 rings (SSSR count). The number of aliphatic hydroxyl groups excluding tert-OH is 2. The molecule has 0 saturated heterocycles. The highest BCUT2D eigenvalue weighted by molar-refractivity contribution is 6.45. The van der Waals surface area contributed by atoms with E-state index in [9.17, 15) is 29.4 Å². The molecule has 0 aliphatic carbocycles. The van der Waals surface area contributed by atoms with Crippen LogP contribution in [0.25, 0.3) is 43.1 Å². The van der Waals surface area contributed by atoms with Crippen molar-refractivity contribution in [1.82, 2.24) is 0 Å². The third kappa shape index (κ3) is 13.0. The Morgan fingerprint density at radius 3 is 0.887 bits per heavy atom. The van der Waals surface area contributed by atoms with E-state index in [4.69, 9.17) is 9.47 Å². The van der Waals surface area contributed by atoms with Gasteiger partial charge in [-0.1, -0.05) is 192 Å². The molecule has 2 aliphatic rings. The minimum absolute atomic E-state index is 0.125. The molecule has 2 N–H and O–H groups in total. The molecule has 2 aliphatic heterocycles. The van der Waals surface area contributed by atoms with Gasteiger partial charge < -0.3 is 19.7 Å². The van der Waals surface area contributed by atoms with Crippen LogP contribution in [-0.4, -0.2) is 60.3 Å². The van der Waals surface area contributed by atoms with E-state index >= 15 is 0 Å². The maximum Gasteiger partial charge on any atom is 0.265 e. The lowest BCUT2D eigenvalue weighted by atomic mass is 9.82. The summed E-state index contributed by atoms with van der Waals surface area (Å²) in [6, 6.07) is 26.1. The number of hydrogen-bond acceptors (Lipinski definition) is 8. The van der Waals surface area contributed by atoms with E-state index in [1.807, 2.05) is 60.7 Å². The number of fused-ring (bicyclic) bond motifs is 2. The van der Waals surface area contributed by atoms with Gasteiger partial charge in [-0.05, 0) is 130 Å². The van der Waals surface area contributed by atoms with E-state index in [1.54, 1.807) is 24.3 Å². The normalized spacial score (nSPS) is 13.4. The summed E-state index contributed by atoms with van der Waals surface area (Å²) in [7, 11) is 0. The Morgan fingerprint density at radius 2 is 0.613 bits per heavy atom. The van der Waals surface area contributed by atoms with Crippen LogP contribution in [0, 0.1) is 0 Å². The fourth-order valence-electron chi connectivity index (χ4n) is 12.8. The van der Waals surface area contributed by atoms with Crippen LogP contribution in [0.4, 0.5) is 11.4 Å². The summed E-state index contributed by atoms with van der Waals surface area (Å²) in [4.78, 5) is 62.4. The highest BCUT2D eigenvalue weighted by Gasteiger charge is 2.39. The first kappa shape index (κ1) is 58.3. The fraction of sp³-hybridized carbons (Fsp3) is 0.486. The van der Waals surface area contributed by atoms with Gasteiger partial charge in [0, 0.05) is 33.0 Å². The molecular weight excluding hydrogens is 997 g/mol. The zero-order valence-corrected chi connectivity index (χ0v) is 47.9. The van der Waals surface area contributed by atoms with Crippen molar-refractivity contribution in [3.8, 4) is 11.5 Å². The summed E-state index contributed by atoms with van der Waals surface area (Å²) in [5, 5.41) is 25.2.